The third-order valence-electron chi connectivity index (χ3n) is 15.9. The van der Waals surface area contributed by atoms with Crippen molar-refractivity contribution >= 4 is 29.0 Å². The van der Waals surface area contributed by atoms with Crippen LogP contribution in [0, 0.1) is 23.2 Å². The van der Waals surface area contributed by atoms with Gasteiger partial charge in [-0.3, -0.25) is 24.6 Å². The topological polar surface area (TPSA) is 102 Å². The van der Waals surface area contributed by atoms with Gasteiger partial charge in [-0.2, -0.15) is 0 Å². The number of Topliss-reactive ketones (excluding diaryl/α,β-unsaturated/α-hetero) is 1. The van der Waals surface area contributed by atoms with Crippen molar-refractivity contribution in [2.75, 3.05) is 55.7 Å². The van der Waals surface area contributed by atoms with Crippen molar-refractivity contribution in [1.82, 2.24) is 10.2 Å². The lowest BCUT2D eigenvalue weighted by molar-refractivity contribution is -0.137. The van der Waals surface area contributed by atoms with Crippen molar-refractivity contribution in [3.05, 3.63) is 118 Å². The minimum atomic E-state index is -0.462. The van der Waals surface area contributed by atoms with E-state index in [1.54, 1.807) is 0 Å². The lowest BCUT2D eigenvalue weighted by atomic mass is 9.69. The fraction of sp³-hybridized carbons (Fsp3) is 0.471. The number of phenols is 1. The maximum absolute atomic E-state index is 13.5. The molecule has 310 valence electrons. The number of nitrogens with one attached hydrogen (secondary N) is 1. The van der Waals surface area contributed by atoms with Crippen LogP contribution in [-0.4, -0.2) is 79.5 Å². The Hall–Kier alpha value is -5.15. The molecule has 60 heavy (non-hydrogen) atoms. The highest BCUT2D eigenvalue weighted by molar-refractivity contribution is 6.08. The molecule has 4 aromatic rings. The number of hydrogen-bond donors (Lipinski definition) is 2. The smallest absolute Gasteiger partial charge is 0.230 e. The number of nitrogens with zero attached hydrogens (tertiary/aromatic N) is 3. The summed E-state index contributed by atoms with van der Waals surface area (Å²) in [5.74, 6) is 1.15. The van der Waals surface area contributed by atoms with Crippen LogP contribution in [0.15, 0.2) is 84.9 Å². The van der Waals surface area contributed by atoms with E-state index < -0.39 is 11.8 Å². The molecule has 2 unspecified atom stereocenters. The second-order valence-corrected chi connectivity index (χ2v) is 19.2. The number of piperidine rings is 2. The predicted molar refractivity (Wildman–Crippen MR) is 232 cm³/mol. The number of piperazine rings is 1. The molecule has 4 heterocycles. The Bertz CT molecular complexity index is 2320. The Morgan fingerprint density at radius 1 is 0.783 bits per heavy atom. The van der Waals surface area contributed by atoms with E-state index in [1.807, 2.05) is 18.2 Å². The van der Waals surface area contributed by atoms with E-state index in [4.69, 9.17) is 4.74 Å². The summed E-state index contributed by atoms with van der Waals surface area (Å²) in [7, 11) is 0. The molecule has 4 aromatic carbocycles. The van der Waals surface area contributed by atoms with Crippen molar-refractivity contribution in [3.63, 3.8) is 0 Å². The summed E-state index contributed by atoms with van der Waals surface area (Å²) >= 11 is 0. The SMILES string of the molecule is O=C1CC[C@H](C2Cc3c(ccc4c3OC[C@H]3CN(CC5CCC6(CCN(c7ccc([C@@H]8c9ccc(O)cc9CC[C@@H]8c8ccccc8)cc7)CC6)C5)CCN43)C2=O)C(=O)N1. The summed E-state index contributed by atoms with van der Waals surface area (Å²) in [4.78, 5) is 45.7. The molecule has 0 radical (unpaired) electrons. The maximum atomic E-state index is 13.5. The van der Waals surface area contributed by atoms with E-state index >= 15 is 0 Å². The van der Waals surface area contributed by atoms with Gasteiger partial charge in [-0.15, -0.1) is 0 Å². The van der Waals surface area contributed by atoms with Gasteiger partial charge in [0.1, 0.15) is 18.1 Å². The Morgan fingerprint density at radius 3 is 2.42 bits per heavy atom. The Labute approximate surface area is 353 Å². The number of aromatic hydroxyl groups is 1. The second kappa shape index (κ2) is 15.1. The molecule has 0 bridgehead atoms. The molecule has 7 aliphatic rings. The number of aryl methyl sites for hydroxylation is 1. The molecule has 3 aliphatic carbocycles. The monoisotopic (exact) mass is 804 g/mol. The summed E-state index contributed by atoms with van der Waals surface area (Å²) in [6.07, 6.45) is 9.79. The molecule has 2 N–H and O–H groups in total. The van der Waals surface area contributed by atoms with Crippen molar-refractivity contribution in [2.24, 2.45) is 23.2 Å². The van der Waals surface area contributed by atoms with Crippen molar-refractivity contribution < 1.29 is 24.2 Å². The lowest BCUT2D eigenvalue weighted by Crippen LogP contribution is -2.57. The summed E-state index contributed by atoms with van der Waals surface area (Å²) in [5, 5.41) is 12.7. The van der Waals surface area contributed by atoms with Gasteiger partial charge in [0.15, 0.2) is 5.78 Å². The Kier molecular flexibility index (Phi) is 9.51. The van der Waals surface area contributed by atoms with Gasteiger partial charge in [0.25, 0.3) is 0 Å². The van der Waals surface area contributed by atoms with E-state index in [9.17, 15) is 19.5 Å². The highest BCUT2D eigenvalue weighted by Gasteiger charge is 2.46. The zero-order valence-electron chi connectivity index (χ0n) is 34.5. The van der Waals surface area contributed by atoms with Crippen LogP contribution >= 0.6 is 0 Å². The van der Waals surface area contributed by atoms with E-state index in [0.29, 0.717) is 42.1 Å². The molecule has 9 nitrogen and oxygen atoms in total. The van der Waals surface area contributed by atoms with Gasteiger partial charge < -0.3 is 19.6 Å². The maximum Gasteiger partial charge on any atom is 0.230 e. The van der Waals surface area contributed by atoms with E-state index in [-0.39, 0.29) is 36.0 Å². The summed E-state index contributed by atoms with van der Waals surface area (Å²) in [6, 6.07) is 30.7. The molecule has 2 amide bonds. The number of hydrogen-bond acceptors (Lipinski definition) is 8. The van der Waals surface area contributed by atoms with Crippen molar-refractivity contribution in [3.8, 4) is 11.5 Å². The molecular formula is C51H56N4O5. The highest BCUT2D eigenvalue weighted by Crippen LogP contribution is 2.51. The normalized spacial score (nSPS) is 28.4. The van der Waals surface area contributed by atoms with Gasteiger partial charge >= 0.3 is 0 Å². The number of benzene rings is 4. The fourth-order valence-electron chi connectivity index (χ4n) is 12.8. The molecule has 1 saturated carbocycles. The average molecular weight is 805 g/mol. The first-order valence-corrected chi connectivity index (χ1v) is 22.7. The Morgan fingerprint density at radius 2 is 1.60 bits per heavy atom. The number of amides is 2. The van der Waals surface area contributed by atoms with Crippen LogP contribution in [0.2, 0.25) is 0 Å². The number of carbonyl (C=O) groups excluding carboxylic acids is 3. The van der Waals surface area contributed by atoms with Crippen LogP contribution in [0.25, 0.3) is 0 Å². The Balaban J connectivity index is 0.700. The van der Waals surface area contributed by atoms with Crippen LogP contribution in [0.1, 0.15) is 101 Å². The lowest BCUT2D eigenvalue weighted by Gasteiger charge is -2.46. The standard InChI is InChI=1S/C51H56N4O5/c56-38-11-13-40-35(26-38)8-12-39(33-4-2-1-3-5-33)47(40)34-6-9-36(10-7-34)54-22-20-51(21-23-54)19-18-32(28-51)29-53-24-25-55-37(30-53)31-60-49-44-27-43(42-15-17-46(57)52-50(42)59)48(58)41(44)14-16-45(49)55/h1-7,9-11,13-14,16,26,32,37,39,42-43,47,56H,8,12,15,17-25,27-31H2,(H,52,57,59)/t32?,37-,39-,42-,43?,47+/m1/s1. The largest absolute Gasteiger partial charge is 0.508 e. The predicted octanol–water partition coefficient (Wildman–Crippen LogP) is 7.63. The molecule has 0 aromatic heterocycles. The number of ether oxygens (including phenoxy) is 1. The van der Waals surface area contributed by atoms with E-state index in [0.717, 1.165) is 75.0 Å². The molecule has 3 saturated heterocycles. The number of imide groups is 1. The highest BCUT2D eigenvalue weighted by atomic mass is 16.5. The quantitative estimate of drug-likeness (QED) is 0.192. The number of carbonyl (C=O) groups is 3. The zero-order valence-corrected chi connectivity index (χ0v) is 34.5. The van der Waals surface area contributed by atoms with E-state index in [1.165, 1.54) is 60.0 Å². The minimum Gasteiger partial charge on any atom is -0.508 e. The summed E-state index contributed by atoms with van der Waals surface area (Å²) < 4.78 is 6.51. The zero-order chi connectivity index (χ0) is 40.5. The molecule has 9 heteroatoms. The third-order valence-corrected chi connectivity index (χ3v) is 15.9. The van der Waals surface area contributed by atoms with Gasteiger partial charge in [-0.1, -0.05) is 48.5 Å². The van der Waals surface area contributed by atoms with Crippen LogP contribution < -0.4 is 19.9 Å². The van der Waals surface area contributed by atoms with Crippen LogP contribution in [-0.2, 0) is 22.4 Å². The number of anilines is 2. The first kappa shape index (κ1) is 37.8. The minimum absolute atomic E-state index is 0.00856. The molecule has 4 fully saturated rings. The van der Waals surface area contributed by atoms with Crippen molar-refractivity contribution in [1.29, 1.82) is 0 Å². The average Bonchev–Trinajstić information content (AvgIpc) is 3.82. The summed E-state index contributed by atoms with van der Waals surface area (Å²) in [6.45, 7) is 6.96. The molecular weight excluding hydrogens is 749 g/mol. The number of ketones is 1. The van der Waals surface area contributed by atoms with Crippen LogP contribution in [0.4, 0.5) is 11.4 Å². The van der Waals surface area contributed by atoms with Gasteiger partial charge in [-0.25, -0.2) is 0 Å². The van der Waals surface area contributed by atoms with Gasteiger partial charge in [0.2, 0.25) is 11.8 Å². The number of rotatable bonds is 6. The van der Waals surface area contributed by atoms with Gasteiger partial charge in [-0.05, 0) is 134 Å². The molecule has 4 aliphatic heterocycles. The molecule has 6 atom stereocenters. The van der Waals surface area contributed by atoms with Gasteiger partial charge in [0, 0.05) is 80.3 Å². The fourth-order valence-corrected chi connectivity index (χ4v) is 12.8. The first-order chi connectivity index (χ1) is 29.3. The third kappa shape index (κ3) is 6.68. The van der Waals surface area contributed by atoms with Crippen LogP contribution in [0.5, 0.6) is 11.5 Å². The summed E-state index contributed by atoms with van der Waals surface area (Å²) in [5.41, 5.74) is 9.87. The number of phenolic OH excluding ortho intramolecular Hbond substituents is 1. The molecule has 11 rings (SSSR count). The van der Waals surface area contributed by atoms with Crippen molar-refractivity contribution in [2.45, 2.75) is 82.1 Å². The second-order valence-electron chi connectivity index (χ2n) is 19.2. The van der Waals surface area contributed by atoms with E-state index in [2.05, 4.69) is 86.7 Å². The van der Waals surface area contributed by atoms with Gasteiger partial charge in [0.05, 0.1) is 11.7 Å². The van der Waals surface area contributed by atoms with Crippen LogP contribution in [0.3, 0.4) is 0 Å². The molecule has 1 spiro atoms. The number of fused-ring (bicyclic) bond motifs is 6. The first-order valence-electron chi connectivity index (χ1n) is 22.7.